The van der Waals surface area contributed by atoms with Crippen molar-refractivity contribution in [1.29, 1.82) is 0 Å². The molecule has 1 atom stereocenters. The molecule has 0 aliphatic heterocycles. The first-order valence-corrected chi connectivity index (χ1v) is 9.76. The Morgan fingerprint density at radius 2 is 1.91 bits per heavy atom. The van der Waals surface area contributed by atoms with Crippen LogP contribution in [0.2, 0.25) is 5.02 Å². The van der Waals surface area contributed by atoms with E-state index in [1.165, 1.54) is 19.3 Å². The summed E-state index contributed by atoms with van der Waals surface area (Å²) >= 11 is 5.76. The van der Waals surface area contributed by atoms with E-state index in [0.717, 1.165) is 17.7 Å². The molecular weight excluding hydrogens is 447 g/mol. The smallest absolute Gasteiger partial charge is 0.394 e. The molecule has 0 spiro atoms. The first-order chi connectivity index (χ1) is 15.2. The fourth-order valence-corrected chi connectivity index (χ4v) is 3.18. The highest BCUT2D eigenvalue weighted by Gasteiger charge is 2.33. The van der Waals surface area contributed by atoms with E-state index >= 15 is 0 Å². The minimum absolute atomic E-state index is 0.0146. The molecule has 0 bridgehead atoms. The lowest BCUT2D eigenvalue weighted by Crippen LogP contribution is -2.23. The van der Waals surface area contributed by atoms with Crippen molar-refractivity contribution in [2.45, 2.75) is 12.2 Å². The molecule has 7 nitrogen and oxygen atoms in total. The lowest BCUT2D eigenvalue weighted by atomic mass is 10.1. The molecule has 4 N–H and O–H groups in total. The molecule has 0 saturated carbocycles. The van der Waals surface area contributed by atoms with Gasteiger partial charge in [-0.3, -0.25) is 4.79 Å². The number of aromatic nitrogens is 2. The molecule has 0 saturated heterocycles. The molecule has 0 unspecified atom stereocenters. The van der Waals surface area contributed by atoms with Gasteiger partial charge in [-0.1, -0.05) is 41.9 Å². The Morgan fingerprint density at radius 1 is 1.19 bits per heavy atom. The highest BCUT2D eigenvalue weighted by molar-refractivity contribution is 6.31. The number of nitrogens with zero attached hydrogens (tertiary/aromatic N) is 2. The quantitative estimate of drug-likeness (QED) is 0.413. The van der Waals surface area contributed by atoms with Crippen LogP contribution in [0.1, 0.15) is 27.5 Å². The van der Waals surface area contributed by atoms with Crippen molar-refractivity contribution in [3.8, 4) is 0 Å². The van der Waals surface area contributed by atoms with Gasteiger partial charge in [0, 0.05) is 18.9 Å². The third-order valence-corrected chi connectivity index (χ3v) is 4.80. The minimum atomic E-state index is -4.57. The third kappa shape index (κ3) is 5.45. The molecule has 2 aromatic carbocycles. The number of nitrogens with one attached hydrogen (secondary N) is 3. The van der Waals surface area contributed by atoms with Gasteiger partial charge in [-0.15, -0.1) is 0 Å². The monoisotopic (exact) mass is 465 g/mol. The zero-order chi connectivity index (χ0) is 23.3. The molecule has 1 heterocycles. The Kier molecular flexibility index (Phi) is 7.16. The van der Waals surface area contributed by atoms with Crippen molar-refractivity contribution >= 4 is 35.0 Å². The van der Waals surface area contributed by atoms with Gasteiger partial charge < -0.3 is 21.1 Å². The number of hydrogen-bond donors (Lipinski definition) is 4. The van der Waals surface area contributed by atoms with Crippen molar-refractivity contribution in [2.24, 2.45) is 0 Å². The molecule has 3 aromatic rings. The van der Waals surface area contributed by atoms with Crippen LogP contribution >= 0.6 is 11.6 Å². The number of carbonyl (C=O) groups is 1. The van der Waals surface area contributed by atoms with E-state index in [-0.39, 0.29) is 29.6 Å². The molecule has 0 aliphatic rings. The van der Waals surface area contributed by atoms with Gasteiger partial charge in [-0.2, -0.15) is 18.2 Å². The van der Waals surface area contributed by atoms with Gasteiger partial charge in [0.2, 0.25) is 5.95 Å². The molecule has 0 aliphatic carbocycles. The van der Waals surface area contributed by atoms with E-state index in [1.807, 2.05) is 6.07 Å². The van der Waals surface area contributed by atoms with Gasteiger partial charge in [-0.05, 0) is 23.8 Å². The summed E-state index contributed by atoms with van der Waals surface area (Å²) in [5.41, 5.74) is 0.151. The average Bonchev–Trinajstić information content (AvgIpc) is 2.77. The van der Waals surface area contributed by atoms with E-state index in [1.54, 1.807) is 24.3 Å². The van der Waals surface area contributed by atoms with Gasteiger partial charge in [0.1, 0.15) is 11.4 Å². The first kappa shape index (κ1) is 23.3. The Balaban J connectivity index is 1.92. The van der Waals surface area contributed by atoms with Crippen LogP contribution in [0.15, 0.2) is 54.7 Å². The van der Waals surface area contributed by atoms with Gasteiger partial charge in [0.25, 0.3) is 5.91 Å². The van der Waals surface area contributed by atoms with Crippen LogP contribution < -0.4 is 16.0 Å². The number of benzene rings is 2. The zero-order valence-electron chi connectivity index (χ0n) is 16.7. The maximum Gasteiger partial charge on any atom is 0.417 e. The highest BCUT2D eigenvalue weighted by Crippen LogP contribution is 2.36. The summed E-state index contributed by atoms with van der Waals surface area (Å²) in [7, 11) is 1.45. The van der Waals surface area contributed by atoms with Crippen molar-refractivity contribution in [3.05, 3.63) is 76.4 Å². The average molecular weight is 466 g/mol. The topological polar surface area (TPSA) is 99.2 Å². The number of alkyl halides is 3. The summed E-state index contributed by atoms with van der Waals surface area (Å²) in [5.74, 6) is -0.315. The normalized spacial score (nSPS) is 12.2. The second kappa shape index (κ2) is 9.84. The number of carbonyl (C=O) groups excluding carboxylic acids is 1. The Hall–Kier alpha value is -3.37. The predicted molar refractivity (Wildman–Crippen MR) is 115 cm³/mol. The highest BCUT2D eigenvalue weighted by atomic mass is 35.5. The van der Waals surface area contributed by atoms with E-state index in [2.05, 4.69) is 25.9 Å². The Labute approximate surface area is 186 Å². The lowest BCUT2D eigenvalue weighted by molar-refractivity contribution is -0.137. The Morgan fingerprint density at radius 3 is 2.50 bits per heavy atom. The largest absolute Gasteiger partial charge is 0.417 e. The number of halogens is 4. The summed E-state index contributed by atoms with van der Waals surface area (Å²) in [5, 5.41) is 17.6. The molecule has 0 radical (unpaired) electrons. The molecule has 1 aromatic heterocycles. The summed E-state index contributed by atoms with van der Waals surface area (Å²) < 4.78 is 38.7. The predicted octanol–water partition coefficient (Wildman–Crippen LogP) is 4.40. The SMILES string of the molecule is CNC(=O)c1cnc(Nc2ccc(C(F)(F)F)c(Cl)c2)nc1N[C@H](CO)c1ccccc1. The van der Waals surface area contributed by atoms with Crippen LogP contribution in [-0.4, -0.2) is 34.6 Å². The van der Waals surface area contributed by atoms with Gasteiger partial charge in [0.15, 0.2) is 0 Å². The fourth-order valence-electron chi connectivity index (χ4n) is 2.89. The van der Waals surface area contributed by atoms with E-state index in [4.69, 9.17) is 11.6 Å². The van der Waals surface area contributed by atoms with Crippen molar-refractivity contribution in [3.63, 3.8) is 0 Å². The standard InChI is InChI=1S/C21H19ClF3N5O2/c1-26-19(32)14-10-27-20(28-13-7-8-15(16(22)9-13)21(23,24)25)30-18(14)29-17(11-31)12-5-3-2-4-6-12/h2-10,17,31H,11H2,1H3,(H,26,32)(H2,27,28,29,30)/t17-/m1/s1. The number of amides is 1. The van der Waals surface area contributed by atoms with Crippen LogP contribution in [0.3, 0.4) is 0 Å². The summed E-state index contributed by atoms with van der Waals surface area (Å²) in [6.07, 6.45) is -3.31. The van der Waals surface area contributed by atoms with Crippen molar-refractivity contribution < 1.29 is 23.1 Å². The van der Waals surface area contributed by atoms with E-state index in [9.17, 15) is 23.1 Å². The minimum Gasteiger partial charge on any atom is -0.394 e. The molecule has 1 amide bonds. The summed E-state index contributed by atoms with van der Waals surface area (Å²) in [4.78, 5) is 20.6. The van der Waals surface area contributed by atoms with Crippen LogP contribution in [0.25, 0.3) is 0 Å². The summed E-state index contributed by atoms with van der Waals surface area (Å²) in [6.45, 7) is -0.279. The maximum atomic E-state index is 12.9. The number of aliphatic hydroxyl groups is 1. The summed E-state index contributed by atoms with van der Waals surface area (Å²) in [6, 6.07) is 11.6. The van der Waals surface area contributed by atoms with Gasteiger partial charge in [-0.25, -0.2) is 4.98 Å². The van der Waals surface area contributed by atoms with Gasteiger partial charge >= 0.3 is 6.18 Å². The number of anilines is 3. The third-order valence-electron chi connectivity index (χ3n) is 4.49. The molecule has 11 heteroatoms. The second-order valence-electron chi connectivity index (χ2n) is 6.64. The molecule has 32 heavy (non-hydrogen) atoms. The Bertz CT molecular complexity index is 1100. The van der Waals surface area contributed by atoms with E-state index in [0.29, 0.717) is 0 Å². The van der Waals surface area contributed by atoms with Crippen LogP contribution in [0.4, 0.5) is 30.6 Å². The van der Waals surface area contributed by atoms with Crippen molar-refractivity contribution in [1.82, 2.24) is 15.3 Å². The van der Waals surface area contributed by atoms with E-state index < -0.39 is 28.7 Å². The van der Waals surface area contributed by atoms with Crippen LogP contribution in [0.5, 0.6) is 0 Å². The number of hydrogen-bond acceptors (Lipinski definition) is 6. The second-order valence-corrected chi connectivity index (χ2v) is 7.05. The molecule has 0 fully saturated rings. The fraction of sp³-hybridized carbons (Fsp3) is 0.190. The first-order valence-electron chi connectivity index (χ1n) is 9.38. The van der Waals surface area contributed by atoms with Crippen LogP contribution in [0, 0.1) is 0 Å². The number of aliphatic hydroxyl groups excluding tert-OH is 1. The maximum absolute atomic E-state index is 12.9. The molecule has 3 rings (SSSR count). The number of rotatable bonds is 7. The lowest BCUT2D eigenvalue weighted by Gasteiger charge is -2.19. The zero-order valence-corrected chi connectivity index (χ0v) is 17.5. The molecular formula is C21H19ClF3N5O2. The van der Waals surface area contributed by atoms with Gasteiger partial charge in [0.05, 0.1) is 23.2 Å². The molecule has 168 valence electrons. The van der Waals surface area contributed by atoms with Crippen LogP contribution in [-0.2, 0) is 6.18 Å². The van der Waals surface area contributed by atoms with Crippen molar-refractivity contribution in [2.75, 3.05) is 24.3 Å².